The van der Waals surface area contributed by atoms with Gasteiger partial charge in [-0.2, -0.15) is 0 Å². The molecule has 0 radical (unpaired) electrons. The fraction of sp³-hybridized carbons (Fsp3) is 0.429. The summed E-state index contributed by atoms with van der Waals surface area (Å²) in [5, 5.41) is 12.5. The smallest absolute Gasteiger partial charge is 0.184 e. The lowest BCUT2D eigenvalue weighted by Gasteiger charge is -2.16. The molecule has 0 bridgehead atoms. The van der Waals surface area contributed by atoms with Crippen molar-refractivity contribution < 1.29 is 5.11 Å². The van der Waals surface area contributed by atoms with Crippen molar-refractivity contribution in [2.24, 2.45) is 0 Å². The number of aliphatic hydroxyl groups excluding tert-OH is 1. The molecule has 0 saturated heterocycles. The van der Waals surface area contributed by atoms with Gasteiger partial charge in [0.25, 0.3) is 0 Å². The fourth-order valence-corrected chi connectivity index (χ4v) is 2.03. The van der Waals surface area contributed by atoms with E-state index < -0.39 is 0 Å². The molecule has 0 fully saturated rings. The highest BCUT2D eigenvalue weighted by atomic mass is 16.3. The maximum atomic E-state index is 9.51. The van der Waals surface area contributed by atoms with Crippen molar-refractivity contribution in [1.82, 2.24) is 0 Å². The van der Waals surface area contributed by atoms with E-state index in [2.05, 4.69) is 32.2 Å². The lowest BCUT2D eigenvalue weighted by Crippen LogP contribution is -2.04. The van der Waals surface area contributed by atoms with E-state index in [1.165, 1.54) is 16.7 Å². The Bertz CT molecular complexity index is 394. The lowest BCUT2D eigenvalue weighted by atomic mass is 9.96. The van der Waals surface area contributed by atoms with Gasteiger partial charge in [-0.3, -0.25) is 0 Å². The molecule has 0 aliphatic rings. The Balaban J connectivity index is 3.19. The number of hydrogen-bond acceptors (Lipinski definition) is 2. The minimum Gasteiger partial charge on any atom is -0.495 e. The van der Waals surface area contributed by atoms with Crippen molar-refractivity contribution >= 4 is 5.69 Å². The summed E-state index contributed by atoms with van der Waals surface area (Å²) in [6.07, 6.45) is 3.66. The zero-order chi connectivity index (χ0) is 12.1. The second-order valence-corrected chi connectivity index (χ2v) is 3.89. The van der Waals surface area contributed by atoms with Crippen LogP contribution in [0, 0.1) is 6.92 Å². The Morgan fingerprint density at radius 1 is 1.25 bits per heavy atom. The van der Waals surface area contributed by atoms with E-state index in [-0.39, 0.29) is 5.88 Å². The first kappa shape index (κ1) is 12.6. The van der Waals surface area contributed by atoms with Gasteiger partial charge in [0, 0.05) is 5.69 Å². The van der Waals surface area contributed by atoms with Crippen LogP contribution < -0.4 is 5.32 Å². The van der Waals surface area contributed by atoms with Gasteiger partial charge in [0.05, 0.1) is 0 Å². The van der Waals surface area contributed by atoms with Crippen molar-refractivity contribution in [3.05, 3.63) is 40.8 Å². The lowest BCUT2D eigenvalue weighted by molar-refractivity contribution is 0.418. The van der Waals surface area contributed by atoms with Crippen molar-refractivity contribution in [2.45, 2.75) is 40.5 Å². The van der Waals surface area contributed by atoms with Gasteiger partial charge < -0.3 is 10.4 Å². The molecule has 0 unspecified atom stereocenters. The van der Waals surface area contributed by atoms with Crippen LogP contribution in [0.3, 0.4) is 0 Å². The van der Waals surface area contributed by atoms with Crippen LogP contribution in [0.25, 0.3) is 0 Å². The number of anilines is 1. The fourth-order valence-electron chi connectivity index (χ4n) is 2.03. The van der Waals surface area contributed by atoms with Crippen LogP contribution in [0.5, 0.6) is 0 Å². The van der Waals surface area contributed by atoms with Crippen LogP contribution in [0.2, 0.25) is 0 Å². The molecule has 0 spiro atoms. The molecule has 0 amide bonds. The summed E-state index contributed by atoms with van der Waals surface area (Å²) in [4.78, 5) is 0. The van der Waals surface area contributed by atoms with Crippen LogP contribution >= 0.6 is 0 Å². The van der Waals surface area contributed by atoms with Gasteiger partial charge >= 0.3 is 0 Å². The highest BCUT2D eigenvalue weighted by Gasteiger charge is 2.08. The van der Waals surface area contributed by atoms with Gasteiger partial charge in [0.1, 0.15) is 0 Å². The molecule has 0 heterocycles. The molecule has 2 heteroatoms. The number of benzene rings is 1. The average Bonchev–Trinajstić information content (AvgIpc) is 2.30. The third-order valence-electron chi connectivity index (χ3n) is 2.91. The SMILES string of the molecule is CC=C(O)Nc1ccc(C)c(CC)c1CC. The predicted octanol–water partition coefficient (Wildman–Crippen LogP) is 3.95. The molecule has 1 rings (SSSR count). The third-order valence-corrected chi connectivity index (χ3v) is 2.91. The first-order chi connectivity index (χ1) is 7.63. The Morgan fingerprint density at radius 3 is 2.38 bits per heavy atom. The monoisotopic (exact) mass is 219 g/mol. The molecule has 0 aliphatic carbocycles. The number of allylic oxidation sites excluding steroid dienone is 1. The van der Waals surface area contributed by atoms with Gasteiger partial charge in [0.2, 0.25) is 0 Å². The summed E-state index contributed by atoms with van der Waals surface area (Å²) >= 11 is 0. The summed E-state index contributed by atoms with van der Waals surface area (Å²) in [5.74, 6) is 0.209. The van der Waals surface area contributed by atoms with Crippen LogP contribution in [-0.4, -0.2) is 5.11 Å². The maximum Gasteiger partial charge on any atom is 0.184 e. The Kier molecular flexibility index (Phi) is 4.41. The molecule has 2 nitrogen and oxygen atoms in total. The summed E-state index contributed by atoms with van der Waals surface area (Å²) in [6.45, 7) is 8.26. The maximum absolute atomic E-state index is 9.51. The number of hydrogen-bond donors (Lipinski definition) is 2. The van der Waals surface area contributed by atoms with E-state index in [1.807, 2.05) is 13.0 Å². The topological polar surface area (TPSA) is 32.3 Å². The van der Waals surface area contributed by atoms with E-state index in [0.717, 1.165) is 18.5 Å². The average molecular weight is 219 g/mol. The van der Waals surface area contributed by atoms with Gasteiger partial charge in [-0.15, -0.1) is 0 Å². The largest absolute Gasteiger partial charge is 0.495 e. The molecule has 2 N–H and O–H groups in total. The van der Waals surface area contributed by atoms with Crippen molar-refractivity contribution in [3.8, 4) is 0 Å². The normalized spacial score (nSPS) is 11.6. The number of rotatable bonds is 4. The predicted molar refractivity (Wildman–Crippen MR) is 69.9 cm³/mol. The number of aliphatic hydroxyl groups is 1. The van der Waals surface area contributed by atoms with Gasteiger partial charge in [-0.1, -0.05) is 19.9 Å². The first-order valence-corrected chi connectivity index (χ1v) is 5.87. The minimum atomic E-state index is 0.209. The molecule has 0 atom stereocenters. The number of nitrogens with one attached hydrogen (secondary N) is 1. The molecule has 0 aliphatic heterocycles. The molecule has 1 aromatic carbocycles. The van der Waals surface area contributed by atoms with E-state index in [9.17, 15) is 5.11 Å². The molecule has 0 aromatic heterocycles. The number of aryl methyl sites for hydroxylation is 1. The van der Waals surface area contributed by atoms with E-state index in [1.54, 1.807) is 6.08 Å². The summed E-state index contributed by atoms with van der Waals surface area (Å²) in [7, 11) is 0. The molecular weight excluding hydrogens is 198 g/mol. The van der Waals surface area contributed by atoms with Crippen LogP contribution in [0.4, 0.5) is 5.69 Å². The second-order valence-electron chi connectivity index (χ2n) is 3.89. The molecule has 16 heavy (non-hydrogen) atoms. The van der Waals surface area contributed by atoms with Crippen molar-refractivity contribution in [1.29, 1.82) is 0 Å². The molecule has 1 aromatic rings. The van der Waals surface area contributed by atoms with Gasteiger partial charge in [0.15, 0.2) is 5.88 Å². The highest BCUT2D eigenvalue weighted by Crippen LogP contribution is 2.25. The molecule has 88 valence electrons. The third kappa shape index (κ3) is 2.57. The van der Waals surface area contributed by atoms with Crippen molar-refractivity contribution in [2.75, 3.05) is 5.32 Å². The molecular formula is C14H21NO. The Morgan fingerprint density at radius 2 is 1.88 bits per heavy atom. The summed E-state index contributed by atoms with van der Waals surface area (Å²) < 4.78 is 0. The minimum absolute atomic E-state index is 0.209. The van der Waals surface area contributed by atoms with Gasteiger partial charge in [-0.05, 0) is 55.5 Å². The Labute approximate surface area is 98.0 Å². The zero-order valence-electron chi connectivity index (χ0n) is 10.6. The highest BCUT2D eigenvalue weighted by molar-refractivity contribution is 5.59. The van der Waals surface area contributed by atoms with Gasteiger partial charge in [-0.25, -0.2) is 0 Å². The van der Waals surface area contributed by atoms with Crippen LogP contribution in [-0.2, 0) is 12.8 Å². The van der Waals surface area contributed by atoms with E-state index in [0.29, 0.717) is 0 Å². The van der Waals surface area contributed by atoms with E-state index >= 15 is 0 Å². The quantitative estimate of drug-likeness (QED) is 0.751. The standard InChI is InChI=1S/C14H21NO/c1-5-11-10(4)8-9-13(12(11)6-2)15-14(16)7-3/h7-9,15-16H,5-6H2,1-4H3. The van der Waals surface area contributed by atoms with E-state index in [4.69, 9.17) is 0 Å². The second kappa shape index (κ2) is 5.59. The Hall–Kier alpha value is -1.44. The van der Waals surface area contributed by atoms with Crippen LogP contribution in [0.1, 0.15) is 37.5 Å². The van der Waals surface area contributed by atoms with Crippen molar-refractivity contribution in [3.63, 3.8) is 0 Å². The zero-order valence-corrected chi connectivity index (χ0v) is 10.6. The van der Waals surface area contributed by atoms with Crippen LogP contribution in [0.15, 0.2) is 24.1 Å². The molecule has 0 saturated carbocycles. The summed E-state index contributed by atoms with van der Waals surface area (Å²) in [6, 6.07) is 4.14. The summed E-state index contributed by atoms with van der Waals surface area (Å²) in [5.41, 5.74) is 5.03. The first-order valence-electron chi connectivity index (χ1n) is 5.87.